The minimum Gasteiger partial charge on any atom is -0.456 e. The van der Waals surface area contributed by atoms with Gasteiger partial charge < -0.3 is 23.7 Å². The quantitative estimate of drug-likeness (QED) is 0.469. The van der Waals surface area contributed by atoms with Crippen molar-refractivity contribution in [3.63, 3.8) is 0 Å². The van der Waals surface area contributed by atoms with Crippen molar-refractivity contribution in [3.05, 3.63) is 0 Å². The molecule has 11 nitrogen and oxygen atoms in total. The van der Waals surface area contributed by atoms with Gasteiger partial charge in [0, 0.05) is 27.7 Å². The maximum atomic E-state index is 12.1. The number of carbonyl (C=O) groups excluding carboxylic acids is 5. The van der Waals surface area contributed by atoms with E-state index >= 15 is 0 Å². The Morgan fingerprint density at radius 2 is 1.27 bits per heavy atom. The maximum absolute atomic E-state index is 12.1. The Balaban J connectivity index is 2.51. The zero-order valence-electron chi connectivity index (χ0n) is 14.6. The summed E-state index contributed by atoms with van der Waals surface area (Å²) in [5.74, 6) is -3.00. The largest absolute Gasteiger partial charge is 0.456 e. The number of carbonyl (C=O) groups is 5. The van der Waals surface area contributed by atoms with Crippen LogP contribution in [0.1, 0.15) is 27.7 Å². The van der Waals surface area contributed by atoms with Crippen LogP contribution < -0.4 is 0 Å². The van der Waals surface area contributed by atoms with Gasteiger partial charge in [-0.3, -0.25) is 24.1 Å². The molecule has 144 valence electrons. The lowest BCUT2D eigenvalue weighted by Gasteiger charge is -2.46. The summed E-state index contributed by atoms with van der Waals surface area (Å²) in [6.07, 6.45) is -6.16. The number of esters is 4. The topological polar surface area (TPSA) is 135 Å². The minimum atomic E-state index is -1.41. The number of fused-ring (bicyclic) bond motifs is 1. The second-order valence-corrected chi connectivity index (χ2v) is 5.77. The highest BCUT2D eigenvalue weighted by Crippen LogP contribution is 2.35. The van der Waals surface area contributed by atoms with E-state index in [4.69, 9.17) is 23.7 Å². The first-order valence-corrected chi connectivity index (χ1v) is 7.75. The second-order valence-electron chi connectivity index (χ2n) is 5.77. The number of amides is 1. The molecule has 0 aliphatic carbocycles. The number of piperidine rings is 1. The van der Waals surface area contributed by atoms with Gasteiger partial charge in [-0.05, 0) is 0 Å². The molecule has 2 fully saturated rings. The predicted octanol–water partition coefficient (Wildman–Crippen LogP) is -0.495. The van der Waals surface area contributed by atoms with E-state index in [2.05, 4.69) is 0 Å². The Hall–Kier alpha value is -2.85. The summed E-state index contributed by atoms with van der Waals surface area (Å²) >= 11 is 0. The Kier molecular flexibility index (Phi) is 5.68. The third kappa shape index (κ3) is 4.03. The predicted molar refractivity (Wildman–Crippen MR) is 79.2 cm³/mol. The monoisotopic (exact) mass is 373 g/mol. The van der Waals surface area contributed by atoms with E-state index in [-0.39, 0.29) is 6.61 Å². The van der Waals surface area contributed by atoms with Crippen molar-refractivity contribution in [2.24, 2.45) is 0 Å². The SMILES string of the molecule is CC(=O)O[C@@H]1[C@@H](OC(C)=O)[C@@H](OC(C)=O)N2C(=O)OC[C@@H]2[C@H]1OC(C)=O. The molecule has 1 amide bonds. The molecule has 2 aliphatic rings. The van der Waals surface area contributed by atoms with Gasteiger partial charge in [0.05, 0.1) is 0 Å². The van der Waals surface area contributed by atoms with Gasteiger partial charge in [-0.15, -0.1) is 0 Å². The first-order valence-electron chi connectivity index (χ1n) is 7.75. The van der Waals surface area contributed by atoms with Crippen LogP contribution in [-0.2, 0) is 42.9 Å². The summed E-state index contributed by atoms with van der Waals surface area (Å²) in [5.41, 5.74) is 0. The highest BCUT2D eigenvalue weighted by molar-refractivity contribution is 5.74. The van der Waals surface area contributed by atoms with E-state index < -0.39 is 60.6 Å². The van der Waals surface area contributed by atoms with Gasteiger partial charge in [0.1, 0.15) is 12.6 Å². The molecule has 0 aromatic rings. The van der Waals surface area contributed by atoms with Crippen LogP contribution in [0, 0.1) is 0 Å². The number of hydrogen-bond acceptors (Lipinski definition) is 10. The van der Waals surface area contributed by atoms with E-state index in [9.17, 15) is 24.0 Å². The van der Waals surface area contributed by atoms with Gasteiger partial charge in [-0.1, -0.05) is 0 Å². The lowest BCUT2D eigenvalue weighted by atomic mass is 9.92. The average molecular weight is 373 g/mol. The summed E-state index contributed by atoms with van der Waals surface area (Å²) in [7, 11) is 0. The fourth-order valence-electron chi connectivity index (χ4n) is 2.99. The molecule has 0 saturated carbocycles. The van der Waals surface area contributed by atoms with Gasteiger partial charge in [0.2, 0.25) is 6.23 Å². The van der Waals surface area contributed by atoms with Crippen LogP contribution >= 0.6 is 0 Å². The molecular weight excluding hydrogens is 354 g/mol. The summed E-state index contributed by atoms with van der Waals surface area (Å²) < 4.78 is 25.6. The third-order valence-corrected chi connectivity index (χ3v) is 3.72. The Morgan fingerprint density at radius 1 is 0.808 bits per heavy atom. The zero-order chi connectivity index (χ0) is 19.6. The van der Waals surface area contributed by atoms with Crippen molar-refractivity contribution in [2.75, 3.05) is 6.61 Å². The van der Waals surface area contributed by atoms with Gasteiger partial charge in [0.25, 0.3) is 0 Å². The van der Waals surface area contributed by atoms with Crippen molar-refractivity contribution in [3.8, 4) is 0 Å². The van der Waals surface area contributed by atoms with Crippen LogP contribution in [0.15, 0.2) is 0 Å². The summed E-state index contributed by atoms with van der Waals surface area (Å²) in [6.45, 7) is 4.23. The molecule has 0 aromatic heterocycles. The molecule has 0 bridgehead atoms. The summed E-state index contributed by atoms with van der Waals surface area (Å²) in [6, 6.07) is -0.896. The molecule has 11 heteroatoms. The van der Waals surface area contributed by atoms with E-state index in [0.717, 1.165) is 32.6 Å². The van der Waals surface area contributed by atoms with Crippen molar-refractivity contribution >= 4 is 30.0 Å². The van der Waals surface area contributed by atoms with Gasteiger partial charge in [-0.2, -0.15) is 0 Å². The summed E-state index contributed by atoms with van der Waals surface area (Å²) in [4.78, 5) is 59.2. The third-order valence-electron chi connectivity index (χ3n) is 3.72. The molecule has 2 rings (SSSR count). The standard InChI is InChI=1S/C15H19NO10/c1-6(17)23-11-10-5-22-15(21)16(10)14(26-9(4)20)13(25-8(3)19)12(11)24-7(2)18/h10-14H,5H2,1-4H3/t10-,11-,12+,13-,14-/m1/s1. The van der Waals surface area contributed by atoms with Gasteiger partial charge in [0.15, 0.2) is 18.3 Å². The van der Waals surface area contributed by atoms with E-state index in [1.54, 1.807) is 0 Å². The highest BCUT2D eigenvalue weighted by Gasteiger charge is 2.60. The molecule has 0 unspecified atom stereocenters. The normalized spacial score (nSPS) is 29.9. The second kappa shape index (κ2) is 7.58. The fourth-order valence-corrected chi connectivity index (χ4v) is 2.99. The van der Waals surface area contributed by atoms with Gasteiger partial charge >= 0.3 is 30.0 Å². The number of ether oxygens (including phenoxy) is 5. The number of cyclic esters (lactones) is 1. The molecule has 0 N–H and O–H groups in total. The zero-order valence-corrected chi connectivity index (χ0v) is 14.6. The molecule has 0 radical (unpaired) electrons. The Labute approximate surface area is 148 Å². The molecule has 0 aromatic carbocycles. The van der Waals surface area contributed by atoms with E-state index in [1.807, 2.05) is 0 Å². The minimum absolute atomic E-state index is 0.195. The first-order chi connectivity index (χ1) is 12.1. The fraction of sp³-hybridized carbons (Fsp3) is 0.667. The molecular formula is C15H19NO10. The molecule has 5 atom stereocenters. The molecule has 2 saturated heterocycles. The van der Waals surface area contributed by atoms with E-state index in [1.165, 1.54) is 0 Å². The number of nitrogens with zero attached hydrogens (tertiary/aromatic N) is 1. The van der Waals surface area contributed by atoms with Crippen molar-refractivity contribution in [1.82, 2.24) is 4.90 Å². The molecule has 0 spiro atoms. The van der Waals surface area contributed by atoms with Crippen molar-refractivity contribution in [2.45, 2.75) is 58.3 Å². The van der Waals surface area contributed by atoms with Gasteiger partial charge in [-0.25, -0.2) is 4.79 Å². The van der Waals surface area contributed by atoms with E-state index in [0.29, 0.717) is 0 Å². The lowest BCUT2D eigenvalue weighted by Crippen LogP contribution is -2.69. The number of hydrogen-bond donors (Lipinski definition) is 0. The van der Waals surface area contributed by atoms with Crippen LogP contribution in [-0.4, -0.2) is 72.1 Å². The molecule has 2 heterocycles. The molecule has 26 heavy (non-hydrogen) atoms. The van der Waals surface area contributed by atoms with Crippen molar-refractivity contribution in [1.29, 1.82) is 0 Å². The van der Waals surface area contributed by atoms with Crippen LogP contribution in [0.4, 0.5) is 4.79 Å². The van der Waals surface area contributed by atoms with Crippen LogP contribution in [0.3, 0.4) is 0 Å². The average Bonchev–Trinajstić information content (AvgIpc) is 2.86. The first kappa shape index (κ1) is 19.5. The van der Waals surface area contributed by atoms with Crippen LogP contribution in [0.5, 0.6) is 0 Å². The highest BCUT2D eigenvalue weighted by atomic mass is 16.7. The van der Waals surface area contributed by atoms with Crippen LogP contribution in [0.2, 0.25) is 0 Å². The number of rotatable bonds is 4. The van der Waals surface area contributed by atoms with Crippen molar-refractivity contribution < 1.29 is 47.7 Å². The molecule has 2 aliphatic heterocycles. The lowest BCUT2D eigenvalue weighted by molar-refractivity contribution is -0.236. The Bertz CT molecular complexity index is 632. The van der Waals surface area contributed by atoms with Crippen LogP contribution in [0.25, 0.3) is 0 Å². The Morgan fingerprint density at radius 3 is 1.77 bits per heavy atom. The smallest absolute Gasteiger partial charge is 0.413 e. The summed E-state index contributed by atoms with van der Waals surface area (Å²) in [5, 5.41) is 0. The maximum Gasteiger partial charge on any atom is 0.413 e.